The van der Waals surface area contributed by atoms with Crippen molar-refractivity contribution in [3.8, 4) is 0 Å². The molecule has 1 aromatic rings. The highest BCUT2D eigenvalue weighted by Gasteiger charge is 2.43. The molecular formula is C15H23N5O. The van der Waals surface area contributed by atoms with E-state index in [1.54, 1.807) is 4.90 Å². The molecule has 2 fully saturated rings. The van der Waals surface area contributed by atoms with Gasteiger partial charge in [0.2, 0.25) is 5.91 Å². The number of nitrogens with one attached hydrogen (secondary N) is 2. The van der Waals surface area contributed by atoms with Gasteiger partial charge in [0, 0.05) is 51.9 Å². The fraction of sp³-hybridized carbons (Fsp3) is 0.600. The Labute approximate surface area is 125 Å². The highest BCUT2D eigenvalue weighted by Crippen LogP contribution is 2.25. The molecule has 3 unspecified atom stereocenters. The zero-order valence-corrected chi connectivity index (χ0v) is 12.6. The quantitative estimate of drug-likeness (QED) is 0.809. The summed E-state index contributed by atoms with van der Waals surface area (Å²) in [6.45, 7) is 2.81. The standard InChI is InChI=1S/C15H23N5O/c1-19(2)15(21)14-12-10-20(8-6-13(12)17-18-14)9-11-5-3-4-7-16-11/h3-5,7,12-14,17-18H,6,8-10H2,1-2H3. The second-order valence-electron chi connectivity index (χ2n) is 6.11. The average Bonchev–Trinajstić information content (AvgIpc) is 2.90. The SMILES string of the molecule is CN(C)C(=O)C1NNC2CCN(Cc3ccccn3)CC21. The van der Waals surface area contributed by atoms with Crippen molar-refractivity contribution in [2.24, 2.45) is 5.92 Å². The Morgan fingerprint density at radius 3 is 3.00 bits per heavy atom. The van der Waals surface area contributed by atoms with Crippen molar-refractivity contribution in [1.82, 2.24) is 25.6 Å². The maximum atomic E-state index is 12.3. The number of likely N-dealkylation sites (N-methyl/N-ethyl adjacent to an activating group) is 1. The third-order valence-electron chi connectivity index (χ3n) is 4.41. The number of rotatable bonds is 3. The number of carbonyl (C=O) groups excluding carboxylic acids is 1. The first-order valence-electron chi connectivity index (χ1n) is 7.49. The normalized spacial score (nSPS) is 29.1. The Balaban J connectivity index is 1.65. The predicted molar refractivity (Wildman–Crippen MR) is 80.2 cm³/mol. The molecule has 6 nitrogen and oxygen atoms in total. The highest BCUT2D eigenvalue weighted by molar-refractivity contribution is 5.82. The van der Waals surface area contributed by atoms with E-state index in [0.29, 0.717) is 12.0 Å². The molecule has 3 heterocycles. The molecular weight excluding hydrogens is 266 g/mol. The molecule has 0 aromatic carbocycles. The van der Waals surface area contributed by atoms with Gasteiger partial charge in [-0.1, -0.05) is 6.07 Å². The van der Waals surface area contributed by atoms with Crippen LogP contribution >= 0.6 is 0 Å². The zero-order chi connectivity index (χ0) is 14.8. The summed E-state index contributed by atoms with van der Waals surface area (Å²) < 4.78 is 0. The van der Waals surface area contributed by atoms with Gasteiger partial charge in [0.15, 0.2) is 0 Å². The first-order valence-corrected chi connectivity index (χ1v) is 7.49. The van der Waals surface area contributed by atoms with Crippen molar-refractivity contribution in [3.05, 3.63) is 30.1 Å². The Bertz CT molecular complexity index is 492. The number of pyridine rings is 1. The largest absolute Gasteiger partial charge is 0.347 e. The van der Waals surface area contributed by atoms with Crippen molar-refractivity contribution in [3.63, 3.8) is 0 Å². The van der Waals surface area contributed by atoms with E-state index in [1.807, 2.05) is 32.4 Å². The third kappa shape index (κ3) is 3.07. The van der Waals surface area contributed by atoms with Crippen LogP contribution < -0.4 is 10.9 Å². The molecule has 0 aliphatic carbocycles. The van der Waals surface area contributed by atoms with Crippen molar-refractivity contribution in [1.29, 1.82) is 0 Å². The Kier molecular flexibility index (Phi) is 4.19. The predicted octanol–water partition coefficient (Wildman–Crippen LogP) is -0.163. The van der Waals surface area contributed by atoms with Gasteiger partial charge in [-0.25, -0.2) is 5.43 Å². The molecule has 21 heavy (non-hydrogen) atoms. The van der Waals surface area contributed by atoms with E-state index in [1.165, 1.54) is 0 Å². The number of aromatic nitrogens is 1. The number of amides is 1. The van der Waals surface area contributed by atoms with Crippen LogP contribution in [0.2, 0.25) is 0 Å². The molecule has 3 atom stereocenters. The van der Waals surface area contributed by atoms with Crippen molar-refractivity contribution >= 4 is 5.91 Å². The topological polar surface area (TPSA) is 60.5 Å². The summed E-state index contributed by atoms with van der Waals surface area (Å²) in [5.41, 5.74) is 7.56. The Morgan fingerprint density at radius 1 is 1.43 bits per heavy atom. The third-order valence-corrected chi connectivity index (χ3v) is 4.41. The highest BCUT2D eigenvalue weighted by atomic mass is 16.2. The van der Waals surface area contributed by atoms with E-state index < -0.39 is 0 Å². The van der Waals surface area contributed by atoms with E-state index in [-0.39, 0.29) is 11.9 Å². The lowest BCUT2D eigenvalue weighted by Gasteiger charge is -2.35. The van der Waals surface area contributed by atoms with E-state index in [9.17, 15) is 4.79 Å². The molecule has 114 valence electrons. The Hall–Kier alpha value is -1.50. The van der Waals surface area contributed by atoms with Crippen LogP contribution in [-0.4, -0.2) is 60.0 Å². The summed E-state index contributed by atoms with van der Waals surface area (Å²) in [6.07, 6.45) is 2.89. The lowest BCUT2D eigenvalue weighted by Crippen LogP contribution is -2.50. The second kappa shape index (κ2) is 6.09. The summed E-state index contributed by atoms with van der Waals surface area (Å²) in [5.74, 6) is 0.465. The molecule has 3 rings (SSSR count). The van der Waals surface area contributed by atoms with Crippen molar-refractivity contribution in [2.75, 3.05) is 27.2 Å². The van der Waals surface area contributed by atoms with Gasteiger partial charge >= 0.3 is 0 Å². The molecule has 2 aliphatic heterocycles. The number of fused-ring (bicyclic) bond motifs is 1. The van der Waals surface area contributed by atoms with Gasteiger partial charge in [-0.3, -0.25) is 20.1 Å². The molecule has 1 aromatic heterocycles. The minimum atomic E-state index is -0.128. The maximum Gasteiger partial charge on any atom is 0.240 e. The van der Waals surface area contributed by atoms with Crippen LogP contribution in [0.5, 0.6) is 0 Å². The smallest absolute Gasteiger partial charge is 0.240 e. The Morgan fingerprint density at radius 2 is 2.29 bits per heavy atom. The fourth-order valence-corrected chi connectivity index (χ4v) is 3.26. The van der Waals surface area contributed by atoms with Crippen LogP contribution in [0, 0.1) is 5.92 Å². The van der Waals surface area contributed by atoms with Gasteiger partial charge in [-0.15, -0.1) is 0 Å². The number of likely N-dealkylation sites (tertiary alicyclic amines) is 1. The maximum absolute atomic E-state index is 12.3. The number of carbonyl (C=O) groups is 1. The molecule has 0 saturated carbocycles. The number of piperidine rings is 1. The van der Waals surface area contributed by atoms with Crippen LogP contribution in [0.3, 0.4) is 0 Å². The van der Waals surface area contributed by atoms with E-state index in [2.05, 4.69) is 26.8 Å². The van der Waals surface area contributed by atoms with Crippen LogP contribution in [0.15, 0.2) is 24.4 Å². The van der Waals surface area contributed by atoms with E-state index in [4.69, 9.17) is 0 Å². The number of hydrazine groups is 1. The summed E-state index contributed by atoms with van der Waals surface area (Å²) >= 11 is 0. The number of hydrogen-bond acceptors (Lipinski definition) is 5. The second-order valence-corrected chi connectivity index (χ2v) is 6.11. The lowest BCUT2D eigenvalue weighted by atomic mass is 9.87. The van der Waals surface area contributed by atoms with Gasteiger partial charge in [0.1, 0.15) is 6.04 Å². The van der Waals surface area contributed by atoms with Crippen molar-refractivity contribution < 1.29 is 4.79 Å². The van der Waals surface area contributed by atoms with Gasteiger partial charge in [-0.05, 0) is 18.6 Å². The van der Waals surface area contributed by atoms with Crippen LogP contribution in [0.1, 0.15) is 12.1 Å². The summed E-state index contributed by atoms with van der Waals surface area (Å²) in [7, 11) is 3.62. The summed E-state index contributed by atoms with van der Waals surface area (Å²) in [4.78, 5) is 20.7. The molecule has 2 aliphatic rings. The first kappa shape index (κ1) is 14.4. The molecule has 6 heteroatoms. The minimum Gasteiger partial charge on any atom is -0.347 e. The molecule has 0 bridgehead atoms. The minimum absolute atomic E-state index is 0.128. The monoisotopic (exact) mass is 289 g/mol. The van der Waals surface area contributed by atoms with E-state index >= 15 is 0 Å². The van der Waals surface area contributed by atoms with E-state index in [0.717, 1.165) is 31.7 Å². The molecule has 1 amide bonds. The van der Waals surface area contributed by atoms with Gasteiger partial charge in [0.25, 0.3) is 0 Å². The van der Waals surface area contributed by atoms with Crippen molar-refractivity contribution in [2.45, 2.75) is 25.0 Å². The van der Waals surface area contributed by atoms with Gasteiger partial charge < -0.3 is 4.90 Å². The summed E-state index contributed by atoms with van der Waals surface area (Å²) in [6, 6.07) is 6.27. The molecule has 0 spiro atoms. The summed E-state index contributed by atoms with van der Waals surface area (Å²) in [5, 5.41) is 0. The van der Waals surface area contributed by atoms with Crippen LogP contribution in [0.25, 0.3) is 0 Å². The first-order chi connectivity index (χ1) is 10.1. The average molecular weight is 289 g/mol. The zero-order valence-electron chi connectivity index (χ0n) is 12.6. The number of hydrogen-bond donors (Lipinski definition) is 2. The van der Waals surface area contributed by atoms with Gasteiger partial charge in [-0.2, -0.15) is 0 Å². The molecule has 2 saturated heterocycles. The van der Waals surface area contributed by atoms with Gasteiger partial charge in [0.05, 0.1) is 5.69 Å². The van der Waals surface area contributed by atoms with Crippen LogP contribution in [-0.2, 0) is 11.3 Å². The lowest BCUT2D eigenvalue weighted by molar-refractivity contribution is -0.132. The molecule has 0 radical (unpaired) electrons. The number of nitrogens with zero attached hydrogens (tertiary/aromatic N) is 3. The molecule has 2 N–H and O–H groups in total. The van der Waals surface area contributed by atoms with Crippen LogP contribution in [0.4, 0.5) is 0 Å². The fourth-order valence-electron chi connectivity index (χ4n) is 3.26.